The van der Waals surface area contributed by atoms with E-state index in [1.54, 1.807) is 0 Å². The molecule has 26 heavy (non-hydrogen) atoms. The number of alkyl halides is 6. The van der Waals surface area contributed by atoms with Crippen LogP contribution in [0.4, 0.5) is 37.7 Å². The van der Waals surface area contributed by atoms with Gasteiger partial charge in [0.2, 0.25) is 0 Å². The summed E-state index contributed by atoms with van der Waals surface area (Å²) in [5.41, 5.74) is 10.3. The zero-order chi connectivity index (χ0) is 19.4. The Morgan fingerprint density at radius 3 is 1.77 bits per heavy atom. The summed E-state index contributed by atoms with van der Waals surface area (Å²) >= 11 is 0. The summed E-state index contributed by atoms with van der Waals surface area (Å²) in [5, 5.41) is 0. The average molecular weight is 382 g/mol. The Morgan fingerprint density at radius 2 is 1.19 bits per heavy atom. The van der Waals surface area contributed by atoms with E-state index in [0.29, 0.717) is 0 Å². The summed E-state index contributed by atoms with van der Waals surface area (Å²) in [6.45, 7) is -9.94. The van der Waals surface area contributed by atoms with Gasteiger partial charge in [0.1, 0.15) is 5.75 Å². The van der Waals surface area contributed by atoms with Gasteiger partial charge in [-0.2, -0.15) is 26.3 Å². The summed E-state index contributed by atoms with van der Waals surface area (Å²) in [7, 11) is 0. The number of ether oxygens (including phenoxy) is 3. The van der Waals surface area contributed by atoms with Crippen LogP contribution in [0.2, 0.25) is 0 Å². The Bertz CT molecular complexity index is 773. The first-order chi connectivity index (χ1) is 12.2. The Balaban J connectivity index is 2.61. The predicted octanol–water partition coefficient (Wildman–Crippen LogP) is 4.32. The van der Waals surface area contributed by atoms with Gasteiger partial charge in [0, 0.05) is 5.56 Å². The largest absolute Gasteiger partial charge is 0.433 e. The molecule has 2 aromatic rings. The zero-order valence-electron chi connectivity index (χ0n) is 12.8. The predicted molar refractivity (Wildman–Crippen MR) is 80.6 cm³/mol. The molecule has 0 unspecified atom stereocenters. The normalized spacial score (nSPS) is 11.3. The molecule has 11 heteroatoms. The van der Waals surface area contributed by atoms with Gasteiger partial charge in [0.15, 0.2) is 11.5 Å². The van der Waals surface area contributed by atoms with Crippen molar-refractivity contribution in [3.63, 3.8) is 0 Å². The molecule has 0 fully saturated rings. The van der Waals surface area contributed by atoms with Crippen molar-refractivity contribution in [1.29, 1.82) is 0 Å². The Hall–Kier alpha value is -2.98. The molecule has 0 aliphatic carbocycles. The van der Waals surface area contributed by atoms with E-state index in [9.17, 15) is 26.3 Å². The third kappa shape index (κ3) is 4.55. The van der Waals surface area contributed by atoms with Gasteiger partial charge in [-0.05, 0) is 29.8 Å². The molecule has 0 aromatic heterocycles. The third-order valence-corrected chi connectivity index (χ3v) is 3.10. The molecule has 4 N–H and O–H groups in total. The minimum atomic E-state index is -3.39. The quantitative estimate of drug-likeness (QED) is 0.551. The van der Waals surface area contributed by atoms with Gasteiger partial charge >= 0.3 is 19.8 Å². The number of benzene rings is 2. The molecule has 2 aromatic carbocycles. The fourth-order valence-electron chi connectivity index (χ4n) is 2.12. The van der Waals surface area contributed by atoms with E-state index < -0.39 is 37.1 Å². The SMILES string of the molecule is Nc1ccc(-c2ccc(N)c(OC(F)F)c2OC(F)F)cc1OC(F)F. The summed E-state index contributed by atoms with van der Waals surface area (Å²) in [5.74, 6) is -2.03. The highest BCUT2D eigenvalue weighted by atomic mass is 19.3. The lowest BCUT2D eigenvalue weighted by molar-refractivity contribution is -0.0685. The van der Waals surface area contributed by atoms with Crippen LogP contribution in [0.25, 0.3) is 11.1 Å². The first-order valence-electron chi connectivity index (χ1n) is 6.85. The van der Waals surface area contributed by atoms with Gasteiger partial charge < -0.3 is 25.7 Å². The van der Waals surface area contributed by atoms with Crippen molar-refractivity contribution in [3.8, 4) is 28.4 Å². The molecule has 5 nitrogen and oxygen atoms in total. The number of rotatable bonds is 7. The molecule has 0 aliphatic rings. The van der Waals surface area contributed by atoms with Crippen molar-refractivity contribution in [1.82, 2.24) is 0 Å². The monoisotopic (exact) mass is 382 g/mol. The summed E-state index contributed by atoms with van der Waals surface area (Å²) in [6, 6.07) is 5.73. The number of hydrogen-bond acceptors (Lipinski definition) is 5. The molecule has 0 spiro atoms. The van der Waals surface area contributed by atoms with E-state index in [4.69, 9.17) is 11.5 Å². The highest BCUT2D eigenvalue weighted by Crippen LogP contribution is 2.45. The fraction of sp³-hybridized carbons (Fsp3) is 0.200. The second-order valence-corrected chi connectivity index (χ2v) is 4.75. The molecule has 142 valence electrons. The van der Waals surface area contributed by atoms with E-state index in [1.165, 1.54) is 18.2 Å². The van der Waals surface area contributed by atoms with Crippen molar-refractivity contribution < 1.29 is 40.6 Å². The first-order valence-corrected chi connectivity index (χ1v) is 6.85. The van der Waals surface area contributed by atoms with E-state index in [1.807, 2.05) is 0 Å². The molecular formula is C15H12F6N2O3. The first kappa shape index (κ1) is 19.3. The van der Waals surface area contributed by atoms with Crippen molar-refractivity contribution in [2.24, 2.45) is 0 Å². The molecule has 0 bridgehead atoms. The molecule has 0 saturated carbocycles. The lowest BCUT2D eigenvalue weighted by Gasteiger charge is -2.18. The summed E-state index contributed by atoms with van der Waals surface area (Å²) < 4.78 is 88.1. The molecule has 0 amide bonds. The fourth-order valence-corrected chi connectivity index (χ4v) is 2.12. The molecule has 0 saturated heterocycles. The summed E-state index contributed by atoms with van der Waals surface area (Å²) in [4.78, 5) is 0. The van der Waals surface area contributed by atoms with Gasteiger partial charge in [-0.1, -0.05) is 6.07 Å². The van der Waals surface area contributed by atoms with Crippen LogP contribution in [-0.4, -0.2) is 19.8 Å². The topological polar surface area (TPSA) is 79.7 Å². The smallest absolute Gasteiger partial charge is 0.387 e. The second-order valence-electron chi connectivity index (χ2n) is 4.75. The lowest BCUT2D eigenvalue weighted by atomic mass is 10.0. The van der Waals surface area contributed by atoms with Gasteiger partial charge in [0.05, 0.1) is 11.4 Å². The maximum Gasteiger partial charge on any atom is 0.387 e. The minimum Gasteiger partial charge on any atom is -0.433 e. The molecule has 0 atom stereocenters. The molecule has 0 radical (unpaired) electrons. The maximum atomic E-state index is 12.7. The van der Waals surface area contributed by atoms with Crippen LogP contribution in [0.5, 0.6) is 17.2 Å². The molecular weight excluding hydrogens is 370 g/mol. The van der Waals surface area contributed by atoms with Gasteiger partial charge in [-0.25, -0.2) is 0 Å². The van der Waals surface area contributed by atoms with Crippen LogP contribution >= 0.6 is 0 Å². The highest BCUT2D eigenvalue weighted by Gasteiger charge is 2.23. The molecule has 0 heterocycles. The van der Waals surface area contributed by atoms with E-state index >= 15 is 0 Å². The number of nitrogens with two attached hydrogens (primary N) is 2. The van der Waals surface area contributed by atoms with Gasteiger partial charge in [0.25, 0.3) is 0 Å². The summed E-state index contributed by atoms with van der Waals surface area (Å²) in [6.07, 6.45) is 0. The van der Waals surface area contributed by atoms with Crippen molar-refractivity contribution in [2.75, 3.05) is 11.5 Å². The molecule has 2 rings (SSSR count). The van der Waals surface area contributed by atoms with Gasteiger partial charge in [-0.15, -0.1) is 0 Å². The Kier molecular flexibility index (Phi) is 5.90. The number of nitrogen functional groups attached to an aromatic ring is 2. The van der Waals surface area contributed by atoms with Crippen molar-refractivity contribution in [3.05, 3.63) is 30.3 Å². The van der Waals surface area contributed by atoms with Gasteiger partial charge in [-0.3, -0.25) is 0 Å². The van der Waals surface area contributed by atoms with E-state index in [0.717, 1.165) is 12.1 Å². The third-order valence-electron chi connectivity index (χ3n) is 3.10. The van der Waals surface area contributed by atoms with Crippen molar-refractivity contribution >= 4 is 11.4 Å². The van der Waals surface area contributed by atoms with Crippen LogP contribution in [0.1, 0.15) is 0 Å². The zero-order valence-corrected chi connectivity index (χ0v) is 12.8. The molecule has 0 aliphatic heterocycles. The highest BCUT2D eigenvalue weighted by molar-refractivity contribution is 5.80. The number of halogens is 6. The van der Waals surface area contributed by atoms with E-state index in [-0.39, 0.29) is 22.5 Å². The van der Waals surface area contributed by atoms with Crippen LogP contribution in [0.3, 0.4) is 0 Å². The lowest BCUT2D eigenvalue weighted by Crippen LogP contribution is -2.10. The Morgan fingerprint density at radius 1 is 0.654 bits per heavy atom. The van der Waals surface area contributed by atoms with E-state index in [2.05, 4.69) is 14.2 Å². The standard InChI is InChI=1S/C15H12F6N2O3/c16-13(17)24-10-5-6(1-3-8(10)22)7-2-4-9(23)12(26-15(20)21)11(7)25-14(18)19/h1-5,13-15H,22-23H2. The number of anilines is 2. The average Bonchev–Trinajstić information content (AvgIpc) is 2.52. The number of hydrogen-bond donors (Lipinski definition) is 2. The second kappa shape index (κ2) is 7.93. The van der Waals surface area contributed by atoms with Crippen LogP contribution in [0.15, 0.2) is 30.3 Å². The van der Waals surface area contributed by atoms with Crippen LogP contribution in [-0.2, 0) is 0 Å². The maximum absolute atomic E-state index is 12.7. The Labute approximate surface area is 143 Å². The minimum absolute atomic E-state index is 0.0182. The van der Waals surface area contributed by atoms with Crippen molar-refractivity contribution in [2.45, 2.75) is 19.8 Å². The van der Waals surface area contributed by atoms with Crippen LogP contribution < -0.4 is 25.7 Å². The van der Waals surface area contributed by atoms with Crippen LogP contribution in [0, 0.1) is 0 Å².